The van der Waals surface area contributed by atoms with Crippen molar-refractivity contribution in [3.8, 4) is 23.0 Å². The molecule has 0 aromatic heterocycles. The van der Waals surface area contributed by atoms with Crippen molar-refractivity contribution >= 4 is 17.9 Å². The van der Waals surface area contributed by atoms with Gasteiger partial charge in [-0.1, -0.05) is 6.07 Å². The summed E-state index contributed by atoms with van der Waals surface area (Å²) in [6, 6.07) is 10.6. The molecule has 0 N–H and O–H groups in total. The second kappa shape index (κ2) is 9.14. The minimum atomic E-state index is -0.526. The van der Waals surface area contributed by atoms with Crippen LogP contribution in [0.3, 0.4) is 0 Å². The van der Waals surface area contributed by atoms with Gasteiger partial charge in [0.15, 0.2) is 28.7 Å². The van der Waals surface area contributed by atoms with Gasteiger partial charge in [-0.15, -0.1) is 0 Å². The topological polar surface area (TPSA) is 75.6 Å². The van der Waals surface area contributed by atoms with E-state index in [9.17, 15) is 4.79 Å². The van der Waals surface area contributed by atoms with Gasteiger partial charge in [0.25, 0.3) is 0 Å². The Morgan fingerprint density at radius 2 is 1.59 bits per heavy atom. The quantitative estimate of drug-likeness (QED) is 0.498. The summed E-state index contributed by atoms with van der Waals surface area (Å²) >= 11 is 0. The van der Waals surface area contributed by atoms with Crippen molar-refractivity contribution in [3.63, 3.8) is 0 Å². The summed E-state index contributed by atoms with van der Waals surface area (Å²) < 4.78 is 27.1. The normalized spacial score (nSPS) is 14.4. The lowest BCUT2D eigenvalue weighted by atomic mass is 10.1. The van der Waals surface area contributed by atoms with Gasteiger partial charge in [-0.2, -0.15) is 0 Å². The molecule has 3 rings (SSSR count). The van der Waals surface area contributed by atoms with Crippen molar-refractivity contribution in [2.45, 2.75) is 13.8 Å². The van der Waals surface area contributed by atoms with E-state index in [0.29, 0.717) is 41.8 Å². The molecule has 29 heavy (non-hydrogen) atoms. The van der Waals surface area contributed by atoms with E-state index in [1.165, 1.54) is 0 Å². The van der Waals surface area contributed by atoms with E-state index in [-0.39, 0.29) is 11.6 Å². The first kappa shape index (κ1) is 20.3. The molecular formula is C22H23NO6. The number of hydrogen-bond donors (Lipinski definition) is 0. The fraction of sp³-hybridized carbons (Fsp3) is 0.273. The van der Waals surface area contributed by atoms with Crippen LogP contribution in [0, 0.1) is 0 Å². The van der Waals surface area contributed by atoms with Crippen LogP contribution in [0.5, 0.6) is 23.0 Å². The average molecular weight is 397 g/mol. The number of carbonyl (C=O) groups excluding carboxylic acids is 1. The van der Waals surface area contributed by atoms with Crippen molar-refractivity contribution in [1.29, 1.82) is 0 Å². The van der Waals surface area contributed by atoms with Gasteiger partial charge in [0.1, 0.15) is 0 Å². The van der Waals surface area contributed by atoms with Crippen molar-refractivity contribution in [1.82, 2.24) is 0 Å². The number of methoxy groups -OCH3 is 2. The Balaban J connectivity index is 1.92. The predicted octanol–water partition coefficient (Wildman–Crippen LogP) is 3.85. The molecule has 0 bridgehead atoms. The van der Waals surface area contributed by atoms with Crippen LogP contribution in [-0.2, 0) is 9.53 Å². The summed E-state index contributed by atoms with van der Waals surface area (Å²) in [6.07, 6.45) is 1.63. The largest absolute Gasteiger partial charge is 0.493 e. The van der Waals surface area contributed by atoms with Crippen LogP contribution < -0.4 is 18.9 Å². The highest BCUT2D eigenvalue weighted by atomic mass is 16.6. The lowest BCUT2D eigenvalue weighted by Crippen LogP contribution is -2.06. The van der Waals surface area contributed by atoms with Gasteiger partial charge in [0, 0.05) is 5.56 Å². The molecule has 0 radical (unpaired) electrons. The zero-order chi connectivity index (χ0) is 20.8. The van der Waals surface area contributed by atoms with Gasteiger partial charge in [0.05, 0.1) is 27.4 Å². The maximum absolute atomic E-state index is 12.3. The van der Waals surface area contributed by atoms with Crippen LogP contribution in [0.1, 0.15) is 25.0 Å². The smallest absolute Gasteiger partial charge is 0.363 e. The van der Waals surface area contributed by atoms with E-state index in [0.717, 1.165) is 5.56 Å². The molecule has 7 heteroatoms. The maximum atomic E-state index is 12.3. The average Bonchev–Trinajstić information content (AvgIpc) is 3.09. The van der Waals surface area contributed by atoms with Crippen molar-refractivity contribution in [3.05, 3.63) is 53.2 Å². The lowest BCUT2D eigenvalue weighted by Gasteiger charge is -2.11. The molecule has 0 atom stereocenters. The van der Waals surface area contributed by atoms with E-state index < -0.39 is 5.97 Å². The van der Waals surface area contributed by atoms with Gasteiger partial charge in [0.2, 0.25) is 5.90 Å². The van der Waals surface area contributed by atoms with Crippen LogP contribution >= 0.6 is 0 Å². The van der Waals surface area contributed by atoms with Gasteiger partial charge in [-0.05, 0) is 55.8 Å². The number of esters is 1. The highest BCUT2D eigenvalue weighted by molar-refractivity contribution is 6.13. The Bertz CT molecular complexity index is 964. The minimum absolute atomic E-state index is 0.194. The van der Waals surface area contributed by atoms with Crippen molar-refractivity contribution < 1.29 is 28.5 Å². The van der Waals surface area contributed by atoms with Crippen LogP contribution in [0.4, 0.5) is 0 Å². The Hall–Kier alpha value is -3.48. The molecule has 1 aliphatic rings. The second-order valence-electron chi connectivity index (χ2n) is 5.98. The molecule has 0 spiro atoms. The molecule has 1 heterocycles. The number of benzene rings is 2. The zero-order valence-electron chi connectivity index (χ0n) is 16.9. The fourth-order valence-electron chi connectivity index (χ4n) is 2.82. The maximum Gasteiger partial charge on any atom is 0.363 e. The molecule has 0 saturated carbocycles. The van der Waals surface area contributed by atoms with Crippen LogP contribution in [0.25, 0.3) is 6.08 Å². The number of rotatable bonds is 8. The monoisotopic (exact) mass is 397 g/mol. The summed E-state index contributed by atoms with van der Waals surface area (Å²) in [5.41, 5.74) is 1.56. The van der Waals surface area contributed by atoms with E-state index >= 15 is 0 Å². The fourth-order valence-corrected chi connectivity index (χ4v) is 2.82. The Morgan fingerprint density at radius 3 is 2.28 bits per heavy atom. The molecule has 2 aromatic rings. The standard InChI is InChI=1S/C22H23NO6/c1-5-27-18-10-8-15(13-20(18)28-6-2)21-23-16(22(24)29-21)11-14-7-9-17(25-3)19(12-14)26-4/h7-13H,5-6H2,1-4H3/b16-11-. The molecule has 152 valence electrons. The highest BCUT2D eigenvalue weighted by Crippen LogP contribution is 2.31. The molecule has 1 aliphatic heterocycles. The Morgan fingerprint density at radius 1 is 0.897 bits per heavy atom. The number of cyclic esters (lactones) is 1. The van der Waals surface area contributed by atoms with Gasteiger partial charge < -0.3 is 23.7 Å². The van der Waals surface area contributed by atoms with E-state index in [1.54, 1.807) is 56.7 Å². The molecule has 0 amide bonds. The third-order valence-electron chi connectivity index (χ3n) is 4.12. The third kappa shape index (κ3) is 4.51. The predicted molar refractivity (Wildman–Crippen MR) is 109 cm³/mol. The molecular weight excluding hydrogens is 374 g/mol. The van der Waals surface area contributed by atoms with Gasteiger partial charge >= 0.3 is 5.97 Å². The first-order valence-electron chi connectivity index (χ1n) is 9.24. The molecule has 0 fully saturated rings. The second-order valence-corrected chi connectivity index (χ2v) is 5.98. The minimum Gasteiger partial charge on any atom is -0.493 e. The van der Waals surface area contributed by atoms with Crippen LogP contribution in [0.2, 0.25) is 0 Å². The van der Waals surface area contributed by atoms with Crippen LogP contribution in [0.15, 0.2) is 47.1 Å². The number of carbonyl (C=O) groups is 1. The number of aliphatic imine (C=N–C) groups is 1. The summed E-state index contributed by atoms with van der Waals surface area (Å²) in [5, 5.41) is 0. The number of hydrogen-bond acceptors (Lipinski definition) is 7. The third-order valence-corrected chi connectivity index (χ3v) is 4.12. The molecule has 0 unspecified atom stereocenters. The Kier molecular flexibility index (Phi) is 6.39. The van der Waals surface area contributed by atoms with Gasteiger partial charge in [-0.25, -0.2) is 9.79 Å². The van der Waals surface area contributed by atoms with E-state index in [1.807, 2.05) is 13.8 Å². The molecule has 0 aliphatic carbocycles. The molecule has 7 nitrogen and oxygen atoms in total. The number of ether oxygens (including phenoxy) is 5. The SMILES string of the molecule is CCOc1ccc(C2=N/C(=C\c3ccc(OC)c(OC)c3)C(=O)O2)cc1OCC. The highest BCUT2D eigenvalue weighted by Gasteiger charge is 2.25. The summed E-state index contributed by atoms with van der Waals surface area (Å²) in [5.74, 6) is 2.05. The first-order valence-corrected chi connectivity index (χ1v) is 9.24. The number of nitrogens with zero attached hydrogens (tertiary/aromatic N) is 1. The van der Waals surface area contributed by atoms with Crippen molar-refractivity contribution in [2.24, 2.45) is 4.99 Å². The lowest BCUT2D eigenvalue weighted by molar-refractivity contribution is -0.129. The van der Waals surface area contributed by atoms with E-state index in [4.69, 9.17) is 23.7 Å². The molecule has 2 aromatic carbocycles. The summed E-state index contributed by atoms with van der Waals surface area (Å²) in [4.78, 5) is 16.7. The van der Waals surface area contributed by atoms with Gasteiger partial charge in [-0.3, -0.25) is 0 Å². The van der Waals surface area contributed by atoms with Crippen molar-refractivity contribution in [2.75, 3.05) is 27.4 Å². The Labute approximate surface area is 169 Å². The summed E-state index contributed by atoms with van der Waals surface area (Å²) in [7, 11) is 3.12. The zero-order valence-corrected chi connectivity index (χ0v) is 16.9. The van der Waals surface area contributed by atoms with E-state index in [2.05, 4.69) is 4.99 Å². The first-order chi connectivity index (χ1) is 14.1. The summed E-state index contributed by atoms with van der Waals surface area (Å²) in [6.45, 7) is 4.80. The van der Waals surface area contributed by atoms with Crippen LogP contribution in [-0.4, -0.2) is 39.3 Å². The molecule has 0 saturated heterocycles.